The topological polar surface area (TPSA) is 59.0 Å². The van der Waals surface area contributed by atoms with E-state index in [0.29, 0.717) is 0 Å². The SMILES string of the molecule is c1cn2nc(N3CCN(Cc4ccc([C@@H]5CCCCO5)o4)CC3)ccc2n1. The third-order valence-corrected chi connectivity index (χ3v) is 5.50. The minimum atomic E-state index is 0.147. The fraction of sp³-hybridized carbons (Fsp3) is 0.500. The third kappa shape index (κ3) is 3.57. The number of anilines is 1. The van der Waals surface area contributed by atoms with Gasteiger partial charge in [-0.25, -0.2) is 9.50 Å². The van der Waals surface area contributed by atoms with Gasteiger partial charge in [0.15, 0.2) is 5.65 Å². The smallest absolute Gasteiger partial charge is 0.153 e. The van der Waals surface area contributed by atoms with Crippen LogP contribution in [0.3, 0.4) is 0 Å². The fourth-order valence-electron chi connectivity index (χ4n) is 3.95. The maximum absolute atomic E-state index is 6.07. The van der Waals surface area contributed by atoms with Gasteiger partial charge in [0.05, 0.1) is 6.54 Å². The lowest BCUT2D eigenvalue weighted by Gasteiger charge is -2.34. The standard InChI is InChI=1S/C20H25N5O2/c1-2-14-26-17(3-1)18-5-4-16(27-18)15-23-10-12-24(13-11-23)20-7-6-19-21-8-9-25(19)22-20/h4-9,17H,1-3,10-15H2/t17-/m0/s1. The van der Waals surface area contributed by atoms with E-state index in [4.69, 9.17) is 9.15 Å². The molecule has 0 radical (unpaired) electrons. The number of furan rings is 1. The Morgan fingerprint density at radius 2 is 1.96 bits per heavy atom. The number of rotatable bonds is 4. The van der Waals surface area contributed by atoms with Crippen molar-refractivity contribution < 1.29 is 9.15 Å². The molecule has 0 amide bonds. The van der Waals surface area contributed by atoms with Crippen LogP contribution in [0.15, 0.2) is 41.1 Å². The Labute approximate surface area is 158 Å². The molecule has 0 N–H and O–H groups in total. The quantitative estimate of drug-likeness (QED) is 0.707. The number of fused-ring (bicyclic) bond motifs is 1. The van der Waals surface area contributed by atoms with Gasteiger partial charge < -0.3 is 14.1 Å². The number of aromatic nitrogens is 3. The molecule has 27 heavy (non-hydrogen) atoms. The minimum Gasteiger partial charge on any atom is -0.462 e. The van der Waals surface area contributed by atoms with Crippen molar-refractivity contribution >= 4 is 11.5 Å². The Hall–Kier alpha value is -2.38. The summed E-state index contributed by atoms with van der Waals surface area (Å²) in [6.45, 7) is 5.63. The van der Waals surface area contributed by atoms with Gasteiger partial charge in [0.2, 0.25) is 0 Å². The average molecular weight is 367 g/mol. The zero-order valence-corrected chi connectivity index (χ0v) is 15.5. The van der Waals surface area contributed by atoms with Gasteiger partial charge in [0.25, 0.3) is 0 Å². The minimum absolute atomic E-state index is 0.147. The van der Waals surface area contributed by atoms with Gasteiger partial charge in [-0.1, -0.05) is 0 Å². The van der Waals surface area contributed by atoms with Crippen molar-refractivity contribution in [1.82, 2.24) is 19.5 Å². The monoisotopic (exact) mass is 367 g/mol. The molecular weight excluding hydrogens is 342 g/mol. The van der Waals surface area contributed by atoms with Crippen LogP contribution in [0, 0.1) is 0 Å². The van der Waals surface area contributed by atoms with Crippen molar-refractivity contribution in [3.05, 3.63) is 48.2 Å². The highest BCUT2D eigenvalue weighted by Crippen LogP contribution is 2.29. The predicted octanol–water partition coefficient (Wildman–Crippen LogP) is 2.89. The summed E-state index contributed by atoms with van der Waals surface area (Å²) in [5, 5.41) is 4.65. The van der Waals surface area contributed by atoms with E-state index in [-0.39, 0.29) is 6.10 Å². The Morgan fingerprint density at radius 1 is 1.04 bits per heavy atom. The molecule has 2 aliphatic rings. The van der Waals surface area contributed by atoms with Crippen LogP contribution in [0.25, 0.3) is 5.65 Å². The second-order valence-corrected chi connectivity index (χ2v) is 7.34. The van der Waals surface area contributed by atoms with E-state index < -0.39 is 0 Å². The van der Waals surface area contributed by atoms with Crippen LogP contribution < -0.4 is 4.90 Å². The summed E-state index contributed by atoms with van der Waals surface area (Å²) in [7, 11) is 0. The number of hydrogen-bond acceptors (Lipinski definition) is 6. The van der Waals surface area contributed by atoms with Crippen LogP contribution >= 0.6 is 0 Å². The molecule has 0 spiro atoms. The Kier molecular flexibility index (Phi) is 4.55. The molecular formula is C20H25N5O2. The van der Waals surface area contributed by atoms with E-state index in [1.807, 2.05) is 16.8 Å². The van der Waals surface area contributed by atoms with Crippen LogP contribution in [0.2, 0.25) is 0 Å². The fourth-order valence-corrected chi connectivity index (χ4v) is 3.95. The Balaban J connectivity index is 1.18. The predicted molar refractivity (Wildman–Crippen MR) is 102 cm³/mol. The number of imidazole rings is 1. The number of nitrogens with zero attached hydrogens (tertiary/aromatic N) is 5. The summed E-state index contributed by atoms with van der Waals surface area (Å²) in [6, 6.07) is 8.27. The molecule has 142 valence electrons. The van der Waals surface area contributed by atoms with Crippen molar-refractivity contribution in [2.75, 3.05) is 37.7 Å². The van der Waals surface area contributed by atoms with E-state index in [0.717, 1.165) is 75.2 Å². The number of ether oxygens (including phenoxy) is 1. The van der Waals surface area contributed by atoms with Crippen LogP contribution in [0.1, 0.15) is 36.9 Å². The van der Waals surface area contributed by atoms with E-state index in [9.17, 15) is 0 Å². The molecule has 0 aliphatic carbocycles. The lowest BCUT2D eigenvalue weighted by Crippen LogP contribution is -2.46. The first-order valence-corrected chi connectivity index (χ1v) is 9.83. The Morgan fingerprint density at radius 3 is 2.81 bits per heavy atom. The first-order chi connectivity index (χ1) is 13.3. The molecule has 0 aromatic carbocycles. The molecule has 2 fully saturated rings. The molecule has 0 bridgehead atoms. The molecule has 5 rings (SSSR count). The zero-order valence-electron chi connectivity index (χ0n) is 15.5. The highest BCUT2D eigenvalue weighted by molar-refractivity contribution is 5.46. The normalized spacial score (nSPS) is 21.8. The highest BCUT2D eigenvalue weighted by atomic mass is 16.5. The summed E-state index contributed by atoms with van der Waals surface area (Å²) in [5.74, 6) is 3.03. The van der Waals surface area contributed by atoms with Gasteiger partial charge in [-0.2, -0.15) is 0 Å². The summed E-state index contributed by atoms with van der Waals surface area (Å²) in [6.07, 6.45) is 7.27. The van der Waals surface area contributed by atoms with Crippen LogP contribution in [0.4, 0.5) is 5.82 Å². The second kappa shape index (κ2) is 7.32. The lowest BCUT2D eigenvalue weighted by atomic mass is 10.1. The molecule has 7 nitrogen and oxygen atoms in total. The summed E-state index contributed by atoms with van der Waals surface area (Å²) in [5.41, 5.74) is 0.882. The van der Waals surface area contributed by atoms with Crippen LogP contribution in [0.5, 0.6) is 0 Å². The zero-order chi connectivity index (χ0) is 18.1. The molecule has 3 aromatic rings. The third-order valence-electron chi connectivity index (χ3n) is 5.50. The second-order valence-electron chi connectivity index (χ2n) is 7.34. The summed E-state index contributed by atoms with van der Waals surface area (Å²) >= 11 is 0. The highest BCUT2D eigenvalue weighted by Gasteiger charge is 2.22. The molecule has 5 heterocycles. The van der Waals surface area contributed by atoms with Gasteiger partial charge in [-0.15, -0.1) is 5.10 Å². The molecule has 1 atom stereocenters. The maximum atomic E-state index is 6.07. The lowest BCUT2D eigenvalue weighted by molar-refractivity contribution is 0.000833. The number of hydrogen-bond donors (Lipinski definition) is 0. The Bertz CT molecular complexity index is 891. The average Bonchev–Trinajstić information content (AvgIpc) is 3.38. The van der Waals surface area contributed by atoms with Gasteiger partial charge in [-0.05, 0) is 43.5 Å². The van der Waals surface area contributed by atoms with Gasteiger partial charge >= 0.3 is 0 Å². The molecule has 0 unspecified atom stereocenters. The first-order valence-electron chi connectivity index (χ1n) is 9.83. The molecule has 3 aromatic heterocycles. The summed E-state index contributed by atoms with van der Waals surface area (Å²) < 4.78 is 13.7. The van der Waals surface area contributed by atoms with Gasteiger partial charge in [-0.3, -0.25) is 4.90 Å². The van der Waals surface area contributed by atoms with E-state index >= 15 is 0 Å². The van der Waals surface area contributed by atoms with Gasteiger partial charge in [0, 0.05) is 45.2 Å². The van der Waals surface area contributed by atoms with Crippen molar-refractivity contribution in [1.29, 1.82) is 0 Å². The van der Waals surface area contributed by atoms with Crippen molar-refractivity contribution in [2.45, 2.75) is 31.9 Å². The van der Waals surface area contributed by atoms with E-state index in [1.54, 1.807) is 6.20 Å². The molecule has 7 heteroatoms. The van der Waals surface area contributed by atoms with Gasteiger partial charge in [0.1, 0.15) is 23.4 Å². The van der Waals surface area contributed by atoms with Crippen LogP contribution in [-0.2, 0) is 11.3 Å². The molecule has 2 aliphatic heterocycles. The van der Waals surface area contributed by atoms with Crippen molar-refractivity contribution in [2.24, 2.45) is 0 Å². The maximum Gasteiger partial charge on any atom is 0.153 e. The van der Waals surface area contributed by atoms with E-state index in [1.165, 1.54) is 6.42 Å². The van der Waals surface area contributed by atoms with E-state index in [2.05, 4.69) is 38.1 Å². The molecule has 0 saturated carbocycles. The number of piperazine rings is 1. The van der Waals surface area contributed by atoms with Crippen molar-refractivity contribution in [3.8, 4) is 0 Å². The van der Waals surface area contributed by atoms with Crippen molar-refractivity contribution in [3.63, 3.8) is 0 Å². The summed E-state index contributed by atoms with van der Waals surface area (Å²) in [4.78, 5) is 9.03. The first kappa shape index (κ1) is 16.8. The molecule has 2 saturated heterocycles. The largest absolute Gasteiger partial charge is 0.462 e. The van der Waals surface area contributed by atoms with Crippen LogP contribution in [-0.4, -0.2) is 52.3 Å².